The summed E-state index contributed by atoms with van der Waals surface area (Å²) in [6, 6.07) is -0.146. The van der Waals surface area contributed by atoms with Gasteiger partial charge in [-0.3, -0.25) is 19.8 Å². The first-order valence-electron chi connectivity index (χ1n) is 7.22. The average molecular weight is 284 g/mol. The molecular weight excluding hydrogens is 260 g/mol. The Kier molecular flexibility index (Phi) is 5.33. The van der Waals surface area contributed by atoms with E-state index in [1.807, 2.05) is 0 Å². The molecule has 2 N–H and O–H groups in total. The molecule has 2 heterocycles. The Labute approximate surface area is 119 Å². The number of piperazine rings is 1. The van der Waals surface area contributed by atoms with Crippen LogP contribution >= 0.6 is 0 Å². The topological polar surface area (TPSA) is 73.9 Å². The summed E-state index contributed by atoms with van der Waals surface area (Å²) in [6.07, 6.45) is 0.388. The number of hydrogen-bond acceptors (Lipinski definition) is 6. The molecule has 2 aliphatic heterocycles. The molecule has 2 fully saturated rings. The monoisotopic (exact) mass is 284 g/mol. The van der Waals surface area contributed by atoms with Gasteiger partial charge < -0.3 is 15.0 Å². The van der Waals surface area contributed by atoms with Gasteiger partial charge in [0, 0.05) is 38.6 Å². The van der Waals surface area contributed by atoms with Gasteiger partial charge in [0.05, 0.1) is 13.0 Å². The van der Waals surface area contributed by atoms with Crippen LogP contribution in [0.2, 0.25) is 0 Å². The van der Waals surface area contributed by atoms with Crippen molar-refractivity contribution in [3.05, 3.63) is 0 Å². The molecule has 1 amide bonds. The van der Waals surface area contributed by atoms with Crippen LogP contribution < -0.4 is 10.6 Å². The van der Waals surface area contributed by atoms with Crippen LogP contribution in [0.15, 0.2) is 0 Å². The second-order valence-corrected chi connectivity index (χ2v) is 5.39. The third kappa shape index (κ3) is 4.16. The highest BCUT2D eigenvalue weighted by atomic mass is 16.5. The Morgan fingerprint density at radius 3 is 2.70 bits per heavy atom. The number of amides is 1. The van der Waals surface area contributed by atoms with Crippen molar-refractivity contribution in [2.45, 2.75) is 32.1 Å². The van der Waals surface area contributed by atoms with Crippen molar-refractivity contribution in [3.63, 3.8) is 0 Å². The molecule has 7 heteroatoms. The first-order chi connectivity index (χ1) is 9.58. The van der Waals surface area contributed by atoms with E-state index in [-0.39, 0.29) is 30.6 Å². The Balaban J connectivity index is 1.87. The third-order valence-electron chi connectivity index (χ3n) is 3.74. The number of nitrogens with one attached hydrogen (secondary N) is 2. The zero-order valence-corrected chi connectivity index (χ0v) is 12.2. The van der Waals surface area contributed by atoms with Gasteiger partial charge in [-0.15, -0.1) is 0 Å². The van der Waals surface area contributed by atoms with E-state index >= 15 is 0 Å². The summed E-state index contributed by atoms with van der Waals surface area (Å²) in [4.78, 5) is 27.8. The quantitative estimate of drug-likeness (QED) is 0.642. The van der Waals surface area contributed by atoms with Crippen LogP contribution in [0.3, 0.4) is 0 Å². The smallest absolute Gasteiger partial charge is 0.307 e. The van der Waals surface area contributed by atoms with Crippen LogP contribution in [0, 0.1) is 0 Å². The van der Waals surface area contributed by atoms with Gasteiger partial charge in [0.1, 0.15) is 6.29 Å². The zero-order valence-electron chi connectivity index (χ0n) is 12.2. The minimum Gasteiger partial charge on any atom is -0.466 e. The molecule has 2 saturated heterocycles. The second-order valence-electron chi connectivity index (χ2n) is 5.39. The lowest BCUT2D eigenvalue weighted by Gasteiger charge is -2.42. The summed E-state index contributed by atoms with van der Waals surface area (Å²) in [5.41, 5.74) is 0. The second kappa shape index (κ2) is 7.01. The highest BCUT2D eigenvalue weighted by Crippen LogP contribution is 2.10. The van der Waals surface area contributed by atoms with Gasteiger partial charge in [-0.1, -0.05) is 0 Å². The summed E-state index contributed by atoms with van der Waals surface area (Å²) in [5, 5.41) is 6.27. The minimum atomic E-state index is -0.253. The predicted molar refractivity (Wildman–Crippen MR) is 73.8 cm³/mol. The number of nitrogens with zero attached hydrogens (tertiary/aromatic N) is 2. The maximum atomic E-state index is 11.8. The molecule has 0 bridgehead atoms. The number of esters is 1. The van der Waals surface area contributed by atoms with Gasteiger partial charge in [0.15, 0.2) is 0 Å². The molecule has 114 valence electrons. The summed E-state index contributed by atoms with van der Waals surface area (Å²) in [7, 11) is 2.09. The van der Waals surface area contributed by atoms with Gasteiger partial charge in [-0.2, -0.15) is 0 Å². The van der Waals surface area contributed by atoms with E-state index in [0.29, 0.717) is 13.0 Å². The largest absolute Gasteiger partial charge is 0.466 e. The van der Waals surface area contributed by atoms with Crippen molar-refractivity contribution in [2.75, 3.05) is 39.8 Å². The van der Waals surface area contributed by atoms with Crippen LogP contribution in [0.1, 0.15) is 19.8 Å². The van der Waals surface area contributed by atoms with E-state index in [4.69, 9.17) is 4.74 Å². The van der Waals surface area contributed by atoms with E-state index in [1.165, 1.54) is 0 Å². The Bertz CT molecular complexity index is 356. The number of rotatable bonds is 4. The SMILES string of the molecule is CCOC(=O)CC1CC(=O)NC(N2CCN(C)CC2)N1. The molecule has 0 radical (unpaired) electrons. The van der Waals surface area contributed by atoms with Crippen LogP contribution in [0.4, 0.5) is 0 Å². The first-order valence-corrected chi connectivity index (χ1v) is 7.22. The molecule has 7 nitrogen and oxygen atoms in total. The van der Waals surface area contributed by atoms with E-state index < -0.39 is 0 Å². The molecule has 0 aromatic rings. The van der Waals surface area contributed by atoms with Gasteiger partial charge in [0.2, 0.25) is 5.91 Å². The van der Waals surface area contributed by atoms with Crippen molar-refractivity contribution in [2.24, 2.45) is 0 Å². The lowest BCUT2D eigenvalue weighted by molar-refractivity contribution is -0.144. The molecule has 0 aliphatic carbocycles. The Morgan fingerprint density at radius 2 is 2.05 bits per heavy atom. The summed E-state index contributed by atoms with van der Waals surface area (Å²) < 4.78 is 4.94. The summed E-state index contributed by atoms with van der Waals surface area (Å²) in [6.45, 7) is 5.93. The molecule has 2 unspecified atom stereocenters. The molecule has 2 atom stereocenters. The number of ether oxygens (including phenoxy) is 1. The van der Waals surface area contributed by atoms with Crippen LogP contribution in [-0.4, -0.2) is 73.8 Å². The fourth-order valence-electron chi connectivity index (χ4n) is 2.59. The van der Waals surface area contributed by atoms with Crippen molar-refractivity contribution in [1.29, 1.82) is 0 Å². The van der Waals surface area contributed by atoms with Gasteiger partial charge in [0.25, 0.3) is 0 Å². The highest BCUT2D eigenvalue weighted by molar-refractivity contribution is 5.79. The number of hydrogen-bond donors (Lipinski definition) is 2. The Morgan fingerprint density at radius 1 is 1.35 bits per heavy atom. The maximum Gasteiger partial charge on any atom is 0.307 e. The van der Waals surface area contributed by atoms with Crippen molar-refractivity contribution in [3.8, 4) is 0 Å². The maximum absolute atomic E-state index is 11.8. The lowest BCUT2D eigenvalue weighted by Crippen LogP contribution is -2.66. The molecule has 0 aromatic carbocycles. The molecular formula is C13H24N4O3. The normalized spacial score (nSPS) is 29.0. The van der Waals surface area contributed by atoms with E-state index in [9.17, 15) is 9.59 Å². The lowest BCUT2D eigenvalue weighted by atomic mass is 10.1. The van der Waals surface area contributed by atoms with Crippen molar-refractivity contribution in [1.82, 2.24) is 20.4 Å². The standard InChI is InChI=1S/C13H24N4O3/c1-3-20-12(19)9-10-8-11(18)15-13(14-10)17-6-4-16(2)5-7-17/h10,13-14H,3-9H2,1-2H3,(H,15,18). The van der Waals surface area contributed by atoms with Crippen LogP contribution in [0.25, 0.3) is 0 Å². The fraction of sp³-hybridized carbons (Fsp3) is 0.846. The third-order valence-corrected chi connectivity index (χ3v) is 3.74. The minimum absolute atomic E-state index is 0.0121. The van der Waals surface area contributed by atoms with E-state index in [1.54, 1.807) is 6.92 Å². The van der Waals surface area contributed by atoms with Crippen LogP contribution in [-0.2, 0) is 14.3 Å². The van der Waals surface area contributed by atoms with Gasteiger partial charge in [-0.25, -0.2) is 0 Å². The Hall–Kier alpha value is -1.18. The molecule has 0 spiro atoms. The van der Waals surface area contributed by atoms with E-state index in [2.05, 4.69) is 27.5 Å². The van der Waals surface area contributed by atoms with Gasteiger partial charge >= 0.3 is 5.97 Å². The number of carbonyl (C=O) groups is 2. The molecule has 2 aliphatic rings. The molecule has 0 saturated carbocycles. The predicted octanol–water partition coefficient (Wildman–Crippen LogP) is -1.05. The first kappa shape index (κ1) is 15.2. The van der Waals surface area contributed by atoms with Crippen molar-refractivity contribution >= 4 is 11.9 Å². The number of carbonyl (C=O) groups excluding carboxylic acids is 2. The molecule has 0 aromatic heterocycles. The van der Waals surface area contributed by atoms with Crippen molar-refractivity contribution < 1.29 is 14.3 Å². The van der Waals surface area contributed by atoms with Crippen LogP contribution in [0.5, 0.6) is 0 Å². The highest BCUT2D eigenvalue weighted by Gasteiger charge is 2.32. The van der Waals surface area contributed by atoms with Gasteiger partial charge in [-0.05, 0) is 14.0 Å². The molecule has 20 heavy (non-hydrogen) atoms. The summed E-state index contributed by atoms with van der Waals surface area (Å²) >= 11 is 0. The number of likely N-dealkylation sites (N-methyl/N-ethyl adjacent to an activating group) is 1. The summed E-state index contributed by atoms with van der Waals surface area (Å²) in [5.74, 6) is -0.265. The average Bonchev–Trinajstić information content (AvgIpc) is 2.39. The fourth-order valence-corrected chi connectivity index (χ4v) is 2.59. The van der Waals surface area contributed by atoms with E-state index in [0.717, 1.165) is 26.2 Å². The molecule has 2 rings (SSSR count). The zero-order chi connectivity index (χ0) is 14.5.